The summed E-state index contributed by atoms with van der Waals surface area (Å²) in [4.78, 5) is 22.6. The molecule has 0 unspecified atom stereocenters. The summed E-state index contributed by atoms with van der Waals surface area (Å²) in [6, 6.07) is 0. The number of hydrogen-bond acceptors (Lipinski definition) is 5. The van der Waals surface area contributed by atoms with E-state index in [-0.39, 0.29) is 12.2 Å². The number of esters is 2. The van der Waals surface area contributed by atoms with Gasteiger partial charge >= 0.3 is 11.9 Å². The topological polar surface area (TPSA) is 72.8 Å². The van der Waals surface area contributed by atoms with E-state index >= 15 is 0 Å². The minimum Gasteiger partial charge on any atom is -0.501 e. The first-order valence-corrected chi connectivity index (χ1v) is 6.28. The second-order valence-electron chi connectivity index (χ2n) is 3.89. The quantitative estimate of drug-likeness (QED) is 0.313. The van der Waals surface area contributed by atoms with E-state index in [2.05, 4.69) is 11.7 Å². The largest absolute Gasteiger partial charge is 0.501 e. The molecule has 0 saturated heterocycles. The van der Waals surface area contributed by atoms with Crippen LogP contribution in [-0.4, -0.2) is 30.3 Å². The Morgan fingerprint density at radius 2 is 1.67 bits per heavy atom. The van der Waals surface area contributed by atoms with E-state index in [9.17, 15) is 14.7 Å². The number of aliphatic hydroxyl groups is 1. The van der Waals surface area contributed by atoms with Crippen molar-refractivity contribution in [2.24, 2.45) is 0 Å². The van der Waals surface area contributed by atoms with E-state index in [0.717, 1.165) is 25.7 Å². The molecule has 0 atom stereocenters. The molecule has 0 aliphatic rings. The minimum absolute atomic E-state index is 0.121. The van der Waals surface area contributed by atoms with Gasteiger partial charge in [0.05, 0.1) is 18.8 Å². The van der Waals surface area contributed by atoms with E-state index in [0.29, 0.717) is 6.61 Å². The molecular weight excluding hydrogens is 236 g/mol. The Hall–Kier alpha value is -1.52. The van der Waals surface area contributed by atoms with Crippen LogP contribution >= 0.6 is 0 Å². The van der Waals surface area contributed by atoms with Crippen LogP contribution in [0.4, 0.5) is 0 Å². The van der Waals surface area contributed by atoms with Gasteiger partial charge in [-0.1, -0.05) is 26.2 Å². The van der Waals surface area contributed by atoms with Crippen molar-refractivity contribution in [3.63, 3.8) is 0 Å². The van der Waals surface area contributed by atoms with Gasteiger partial charge in [0.2, 0.25) is 5.76 Å². The maximum Gasteiger partial charge on any atom is 0.373 e. The average molecular weight is 258 g/mol. The van der Waals surface area contributed by atoms with Gasteiger partial charge < -0.3 is 14.6 Å². The van der Waals surface area contributed by atoms with E-state index in [1.807, 2.05) is 0 Å². The zero-order valence-electron chi connectivity index (χ0n) is 11.3. The summed E-state index contributed by atoms with van der Waals surface area (Å²) < 4.78 is 9.51. The van der Waals surface area contributed by atoms with Crippen LogP contribution < -0.4 is 0 Å². The molecule has 0 heterocycles. The predicted octanol–water partition coefficient (Wildman–Crippen LogP) is 2.51. The van der Waals surface area contributed by atoms with Crippen molar-refractivity contribution in [2.45, 2.75) is 46.5 Å². The van der Waals surface area contributed by atoms with Crippen LogP contribution in [0.2, 0.25) is 0 Å². The molecule has 0 rings (SSSR count). The Labute approximate surface area is 108 Å². The van der Waals surface area contributed by atoms with Gasteiger partial charge in [0.25, 0.3) is 0 Å². The van der Waals surface area contributed by atoms with E-state index in [1.54, 1.807) is 6.92 Å². The van der Waals surface area contributed by atoms with Gasteiger partial charge in [0.1, 0.15) is 0 Å². The number of unbranched alkanes of at least 4 members (excludes halogenated alkanes) is 3. The second kappa shape index (κ2) is 9.50. The molecule has 0 amide bonds. The highest BCUT2D eigenvalue weighted by Gasteiger charge is 2.18. The number of carbonyl (C=O) groups is 2. The van der Waals surface area contributed by atoms with Crippen molar-refractivity contribution >= 4 is 11.9 Å². The lowest BCUT2D eigenvalue weighted by Crippen LogP contribution is -2.15. The van der Waals surface area contributed by atoms with Gasteiger partial charge in [-0.15, -0.1) is 0 Å². The molecule has 18 heavy (non-hydrogen) atoms. The van der Waals surface area contributed by atoms with E-state index < -0.39 is 17.7 Å². The van der Waals surface area contributed by atoms with Crippen molar-refractivity contribution in [3.05, 3.63) is 11.3 Å². The van der Waals surface area contributed by atoms with Gasteiger partial charge in [-0.25, -0.2) is 9.59 Å². The van der Waals surface area contributed by atoms with Crippen LogP contribution in [0.5, 0.6) is 0 Å². The summed E-state index contributed by atoms with van der Waals surface area (Å²) in [6.45, 7) is 5.48. The first-order chi connectivity index (χ1) is 8.54. The number of aliphatic hydroxyl groups excluding tert-OH is 1. The Morgan fingerprint density at radius 1 is 1.00 bits per heavy atom. The zero-order valence-corrected chi connectivity index (χ0v) is 11.3. The summed E-state index contributed by atoms with van der Waals surface area (Å²) >= 11 is 0. The highest BCUT2D eigenvalue weighted by Crippen LogP contribution is 2.07. The van der Waals surface area contributed by atoms with Crippen LogP contribution in [-0.2, 0) is 19.1 Å². The van der Waals surface area contributed by atoms with E-state index in [4.69, 9.17) is 4.74 Å². The molecule has 0 bridgehead atoms. The lowest BCUT2D eigenvalue weighted by Gasteiger charge is -2.06. The fourth-order valence-corrected chi connectivity index (χ4v) is 1.25. The lowest BCUT2D eigenvalue weighted by molar-refractivity contribution is -0.144. The maximum atomic E-state index is 11.5. The molecular formula is C13H22O5. The Kier molecular flexibility index (Phi) is 8.70. The minimum atomic E-state index is -0.905. The summed E-state index contributed by atoms with van der Waals surface area (Å²) in [5.74, 6) is -2.27. The highest BCUT2D eigenvalue weighted by molar-refractivity contribution is 5.98. The molecule has 0 aliphatic carbocycles. The van der Waals surface area contributed by atoms with Crippen LogP contribution in [0, 0.1) is 0 Å². The smallest absolute Gasteiger partial charge is 0.373 e. The summed E-state index contributed by atoms with van der Waals surface area (Å²) in [5, 5.41) is 9.43. The van der Waals surface area contributed by atoms with E-state index in [1.165, 1.54) is 6.92 Å². The normalized spacial score (nSPS) is 11.7. The van der Waals surface area contributed by atoms with Gasteiger partial charge in [0.15, 0.2) is 0 Å². The molecule has 0 spiro atoms. The fourth-order valence-electron chi connectivity index (χ4n) is 1.25. The first-order valence-electron chi connectivity index (χ1n) is 6.28. The predicted molar refractivity (Wildman–Crippen MR) is 67.1 cm³/mol. The third-order valence-corrected chi connectivity index (χ3v) is 2.36. The SMILES string of the molecule is CCCCCCOC(=O)C(C)=C(O)C(=O)OCC. The summed E-state index contributed by atoms with van der Waals surface area (Å²) in [6.07, 6.45) is 3.99. The molecule has 0 aromatic carbocycles. The number of ether oxygens (including phenoxy) is 2. The first kappa shape index (κ1) is 16.5. The monoisotopic (exact) mass is 258 g/mol. The fraction of sp³-hybridized carbons (Fsp3) is 0.692. The third-order valence-electron chi connectivity index (χ3n) is 2.36. The number of carbonyl (C=O) groups excluding carboxylic acids is 2. The number of hydrogen-bond donors (Lipinski definition) is 1. The van der Waals surface area contributed by atoms with Gasteiger partial charge in [0, 0.05) is 0 Å². The number of rotatable bonds is 8. The van der Waals surface area contributed by atoms with Gasteiger partial charge in [-0.3, -0.25) is 0 Å². The average Bonchev–Trinajstić information content (AvgIpc) is 2.36. The summed E-state index contributed by atoms with van der Waals surface area (Å²) in [7, 11) is 0. The zero-order chi connectivity index (χ0) is 14.0. The molecule has 0 aromatic heterocycles. The van der Waals surface area contributed by atoms with Crippen LogP contribution in [0.3, 0.4) is 0 Å². The molecule has 1 N–H and O–H groups in total. The molecule has 0 aliphatic heterocycles. The lowest BCUT2D eigenvalue weighted by atomic mass is 10.2. The van der Waals surface area contributed by atoms with Crippen molar-refractivity contribution in [2.75, 3.05) is 13.2 Å². The van der Waals surface area contributed by atoms with Gasteiger partial charge in [-0.05, 0) is 20.3 Å². The van der Waals surface area contributed by atoms with Crippen molar-refractivity contribution in [1.29, 1.82) is 0 Å². The Morgan fingerprint density at radius 3 is 2.22 bits per heavy atom. The molecule has 0 aromatic rings. The molecule has 5 nitrogen and oxygen atoms in total. The third kappa shape index (κ3) is 6.27. The molecule has 0 radical (unpaired) electrons. The van der Waals surface area contributed by atoms with Crippen molar-refractivity contribution in [1.82, 2.24) is 0 Å². The molecule has 0 fully saturated rings. The maximum absolute atomic E-state index is 11.5. The van der Waals surface area contributed by atoms with Crippen LogP contribution in [0.25, 0.3) is 0 Å². The standard InChI is InChI=1S/C13H22O5/c1-4-6-7-8-9-18-12(15)10(3)11(14)13(16)17-5-2/h14H,4-9H2,1-3H3. The second-order valence-corrected chi connectivity index (χ2v) is 3.89. The molecule has 5 heteroatoms. The highest BCUT2D eigenvalue weighted by atomic mass is 16.5. The molecule has 0 saturated carbocycles. The molecule has 104 valence electrons. The van der Waals surface area contributed by atoms with Crippen molar-refractivity contribution < 1.29 is 24.2 Å². The summed E-state index contributed by atoms with van der Waals surface area (Å²) in [5.41, 5.74) is -0.121. The van der Waals surface area contributed by atoms with Crippen LogP contribution in [0.15, 0.2) is 11.3 Å². The Bertz CT molecular complexity index is 307. The van der Waals surface area contributed by atoms with Crippen LogP contribution in [0.1, 0.15) is 46.5 Å². The Balaban J connectivity index is 4.15. The van der Waals surface area contributed by atoms with Gasteiger partial charge in [-0.2, -0.15) is 0 Å². The van der Waals surface area contributed by atoms with Crippen molar-refractivity contribution in [3.8, 4) is 0 Å².